The van der Waals surface area contributed by atoms with Crippen molar-refractivity contribution in [1.82, 2.24) is 10.2 Å². The SMILES string of the molecule is C1CCN(CC2CC2)[C@@H]2CCNC[C@@H]2C1. The largest absolute Gasteiger partial charge is 0.316 e. The van der Waals surface area contributed by atoms with Gasteiger partial charge in [0.1, 0.15) is 0 Å². The molecule has 2 heteroatoms. The summed E-state index contributed by atoms with van der Waals surface area (Å²) in [5.74, 6) is 2.03. The van der Waals surface area contributed by atoms with Gasteiger partial charge in [-0.2, -0.15) is 0 Å². The van der Waals surface area contributed by atoms with Gasteiger partial charge in [-0.3, -0.25) is 4.90 Å². The highest BCUT2D eigenvalue weighted by Gasteiger charge is 2.34. The van der Waals surface area contributed by atoms with E-state index in [2.05, 4.69) is 10.2 Å². The highest BCUT2D eigenvalue weighted by molar-refractivity contribution is 4.90. The number of nitrogens with one attached hydrogen (secondary N) is 1. The lowest BCUT2D eigenvalue weighted by Gasteiger charge is -2.38. The minimum Gasteiger partial charge on any atom is -0.316 e. The van der Waals surface area contributed by atoms with Crippen LogP contribution in [0.2, 0.25) is 0 Å². The van der Waals surface area contributed by atoms with Gasteiger partial charge in [-0.25, -0.2) is 0 Å². The number of fused-ring (bicyclic) bond motifs is 1. The fourth-order valence-corrected chi connectivity index (χ4v) is 3.43. The van der Waals surface area contributed by atoms with Crippen LogP contribution >= 0.6 is 0 Å². The Morgan fingerprint density at radius 3 is 2.87 bits per heavy atom. The third-order valence-electron chi connectivity index (χ3n) is 4.50. The molecule has 3 rings (SSSR count). The fraction of sp³-hybridized carbons (Fsp3) is 1.00. The highest BCUT2D eigenvalue weighted by atomic mass is 15.2. The average Bonchev–Trinajstić information content (AvgIpc) is 3.07. The van der Waals surface area contributed by atoms with Crippen molar-refractivity contribution in [2.75, 3.05) is 26.2 Å². The molecule has 1 aliphatic carbocycles. The van der Waals surface area contributed by atoms with Gasteiger partial charge in [-0.15, -0.1) is 0 Å². The lowest BCUT2D eigenvalue weighted by Crippen LogP contribution is -2.49. The van der Waals surface area contributed by atoms with Gasteiger partial charge < -0.3 is 5.32 Å². The molecule has 1 N–H and O–H groups in total. The second kappa shape index (κ2) is 4.42. The van der Waals surface area contributed by atoms with Crippen LogP contribution in [0.1, 0.15) is 38.5 Å². The molecule has 0 amide bonds. The fourth-order valence-electron chi connectivity index (χ4n) is 3.43. The van der Waals surface area contributed by atoms with Crippen LogP contribution in [0.3, 0.4) is 0 Å². The molecule has 0 unspecified atom stereocenters. The van der Waals surface area contributed by atoms with Crippen LogP contribution in [-0.2, 0) is 0 Å². The van der Waals surface area contributed by atoms with Gasteiger partial charge in [0.2, 0.25) is 0 Å². The number of nitrogens with zero attached hydrogens (tertiary/aromatic N) is 1. The summed E-state index contributed by atoms with van der Waals surface area (Å²) in [5.41, 5.74) is 0. The molecule has 0 spiro atoms. The molecule has 2 saturated heterocycles. The van der Waals surface area contributed by atoms with E-state index in [1.807, 2.05) is 0 Å². The molecule has 0 aromatic heterocycles. The summed E-state index contributed by atoms with van der Waals surface area (Å²) in [4.78, 5) is 2.84. The summed E-state index contributed by atoms with van der Waals surface area (Å²) in [7, 11) is 0. The first-order chi connectivity index (χ1) is 7.43. The summed E-state index contributed by atoms with van der Waals surface area (Å²) < 4.78 is 0. The van der Waals surface area contributed by atoms with Crippen molar-refractivity contribution in [2.45, 2.75) is 44.6 Å². The maximum Gasteiger partial charge on any atom is 0.0148 e. The first kappa shape index (κ1) is 10.1. The molecule has 0 bridgehead atoms. The number of hydrogen-bond acceptors (Lipinski definition) is 2. The normalized spacial score (nSPS) is 38.4. The van der Waals surface area contributed by atoms with Crippen molar-refractivity contribution >= 4 is 0 Å². The van der Waals surface area contributed by atoms with Crippen LogP contribution in [0.25, 0.3) is 0 Å². The monoisotopic (exact) mass is 208 g/mol. The molecular formula is C13H24N2. The van der Waals surface area contributed by atoms with E-state index in [1.54, 1.807) is 0 Å². The van der Waals surface area contributed by atoms with E-state index < -0.39 is 0 Å². The third-order valence-corrected chi connectivity index (χ3v) is 4.50. The Bertz CT molecular complexity index is 213. The van der Waals surface area contributed by atoms with Gasteiger partial charge >= 0.3 is 0 Å². The second-order valence-electron chi connectivity index (χ2n) is 5.75. The van der Waals surface area contributed by atoms with Crippen molar-refractivity contribution in [2.24, 2.45) is 11.8 Å². The lowest BCUT2D eigenvalue weighted by atomic mass is 9.89. The Balaban J connectivity index is 1.66. The third kappa shape index (κ3) is 2.36. The van der Waals surface area contributed by atoms with E-state index in [1.165, 1.54) is 64.7 Å². The summed E-state index contributed by atoms with van der Waals surface area (Å²) in [5, 5.41) is 3.57. The van der Waals surface area contributed by atoms with E-state index in [9.17, 15) is 0 Å². The maximum absolute atomic E-state index is 3.57. The molecule has 3 aliphatic rings. The smallest absolute Gasteiger partial charge is 0.0148 e. The molecule has 3 fully saturated rings. The molecule has 15 heavy (non-hydrogen) atoms. The average molecular weight is 208 g/mol. The first-order valence-electron chi connectivity index (χ1n) is 6.88. The highest BCUT2D eigenvalue weighted by Crippen LogP contribution is 2.34. The lowest BCUT2D eigenvalue weighted by molar-refractivity contribution is 0.120. The Morgan fingerprint density at radius 1 is 1.07 bits per heavy atom. The van der Waals surface area contributed by atoms with Crippen LogP contribution in [0.4, 0.5) is 0 Å². The predicted molar refractivity (Wildman–Crippen MR) is 62.9 cm³/mol. The van der Waals surface area contributed by atoms with Crippen molar-refractivity contribution in [3.05, 3.63) is 0 Å². The van der Waals surface area contributed by atoms with E-state index >= 15 is 0 Å². The van der Waals surface area contributed by atoms with E-state index in [0.29, 0.717) is 0 Å². The van der Waals surface area contributed by atoms with Gasteiger partial charge in [0, 0.05) is 12.6 Å². The molecule has 0 radical (unpaired) electrons. The molecule has 86 valence electrons. The second-order valence-corrected chi connectivity index (χ2v) is 5.75. The molecule has 2 heterocycles. The van der Waals surface area contributed by atoms with Crippen molar-refractivity contribution in [1.29, 1.82) is 0 Å². The van der Waals surface area contributed by atoms with Gasteiger partial charge in [-0.1, -0.05) is 6.42 Å². The maximum atomic E-state index is 3.57. The summed E-state index contributed by atoms with van der Waals surface area (Å²) >= 11 is 0. The Labute approximate surface area is 93.4 Å². The zero-order valence-electron chi connectivity index (χ0n) is 9.75. The minimum atomic E-state index is 0.925. The topological polar surface area (TPSA) is 15.3 Å². The van der Waals surface area contributed by atoms with Gasteiger partial charge in [0.25, 0.3) is 0 Å². The Kier molecular flexibility index (Phi) is 2.98. The number of piperidine rings is 1. The summed E-state index contributed by atoms with van der Waals surface area (Å²) in [6, 6.07) is 0.925. The van der Waals surface area contributed by atoms with Crippen LogP contribution in [0, 0.1) is 11.8 Å². The molecule has 2 nitrogen and oxygen atoms in total. The number of hydrogen-bond donors (Lipinski definition) is 1. The van der Waals surface area contributed by atoms with Crippen molar-refractivity contribution in [3.8, 4) is 0 Å². The van der Waals surface area contributed by atoms with E-state index in [4.69, 9.17) is 0 Å². The predicted octanol–water partition coefficient (Wildman–Crippen LogP) is 1.86. The molecule has 0 aromatic rings. The van der Waals surface area contributed by atoms with E-state index in [-0.39, 0.29) is 0 Å². The summed E-state index contributed by atoms with van der Waals surface area (Å²) in [6.07, 6.45) is 8.79. The molecule has 1 saturated carbocycles. The molecule has 2 atom stereocenters. The zero-order valence-corrected chi connectivity index (χ0v) is 9.75. The van der Waals surface area contributed by atoms with Crippen molar-refractivity contribution < 1.29 is 0 Å². The molecule has 0 aromatic carbocycles. The zero-order chi connectivity index (χ0) is 10.1. The van der Waals surface area contributed by atoms with Gasteiger partial charge in [0.05, 0.1) is 0 Å². The van der Waals surface area contributed by atoms with Crippen LogP contribution in [0.15, 0.2) is 0 Å². The summed E-state index contributed by atoms with van der Waals surface area (Å²) in [6.45, 7) is 5.34. The Morgan fingerprint density at radius 2 is 2.00 bits per heavy atom. The van der Waals surface area contributed by atoms with Crippen LogP contribution in [-0.4, -0.2) is 37.1 Å². The Hall–Kier alpha value is -0.0800. The number of likely N-dealkylation sites (tertiary alicyclic amines) is 1. The van der Waals surface area contributed by atoms with Crippen LogP contribution in [0.5, 0.6) is 0 Å². The minimum absolute atomic E-state index is 0.925. The quantitative estimate of drug-likeness (QED) is 0.745. The molecular weight excluding hydrogens is 184 g/mol. The van der Waals surface area contributed by atoms with E-state index in [0.717, 1.165) is 17.9 Å². The van der Waals surface area contributed by atoms with Gasteiger partial charge in [-0.05, 0) is 63.6 Å². The standard InChI is InChI=1S/C13H24N2/c1-2-8-15(10-11-4-5-11)13-6-7-14-9-12(13)3-1/h11-14H,1-10H2/t12-,13+/m0/s1. The first-order valence-corrected chi connectivity index (χ1v) is 6.88. The van der Waals surface area contributed by atoms with Crippen molar-refractivity contribution in [3.63, 3.8) is 0 Å². The van der Waals surface area contributed by atoms with Crippen LogP contribution < -0.4 is 5.32 Å². The molecule has 2 aliphatic heterocycles. The van der Waals surface area contributed by atoms with Gasteiger partial charge in [0.15, 0.2) is 0 Å². The number of rotatable bonds is 2.